The molecule has 0 unspecified atom stereocenters. The molecule has 1 aromatic heterocycles. The summed E-state index contributed by atoms with van der Waals surface area (Å²) in [5.41, 5.74) is 6.67. The topological polar surface area (TPSA) is 50.3 Å². The molecular weight excluding hydrogens is 428 g/mol. The van der Waals surface area contributed by atoms with Crippen LogP contribution in [0.2, 0.25) is 5.02 Å². The number of piperidine rings is 1. The van der Waals surface area contributed by atoms with E-state index in [0.717, 1.165) is 53.1 Å². The van der Waals surface area contributed by atoms with Crippen molar-refractivity contribution in [2.45, 2.75) is 30.6 Å². The maximum absolute atomic E-state index is 13.3. The summed E-state index contributed by atoms with van der Waals surface area (Å²) < 4.78 is 28.2. The molecule has 3 aromatic rings. The monoisotopic (exact) mass is 450 g/mol. The summed E-state index contributed by atoms with van der Waals surface area (Å²) in [7, 11) is -3.55. The van der Waals surface area contributed by atoms with E-state index in [2.05, 4.69) is 12.1 Å². The third-order valence-electron chi connectivity index (χ3n) is 6.12. The van der Waals surface area contributed by atoms with Crippen molar-refractivity contribution >= 4 is 27.2 Å². The minimum Gasteiger partial charge on any atom is -0.256 e. The minimum atomic E-state index is -3.55. The molecule has 31 heavy (non-hydrogen) atoms. The van der Waals surface area contributed by atoms with Crippen LogP contribution in [0.5, 0.6) is 0 Å². The van der Waals surface area contributed by atoms with E-state index < -0.39 is 10.0 Å². The Kier molecular flexibility index (Phi) is 5.42. The van der Waals surface area contributed by atoms with Gasteiger partial charge in [0.2, 0.25) is 10.0 Å². The van der Waals surface area contributed by atoms with Crippen molar-refractivity contribution in [3.05, 3.63) is 99.8 Å². The number of halogens is 1. The lowest BCUT2D eigenvalue weighted by Crippen LogP contribution is -2.37. The number of nitrogens with zero attached hydrogens (tertiary/aromatic N) is 2. The smallest absolute Gasteiger partial charge is 0.243 e. The molecular formula is C25H23ClN2O2S. The lowest BCUT2D eigenvalue weighted by Gasteiger charge is -2.30. The predicted molar refractivity (Wildman–Crippen MR) is 124 cm³/mol. The van der Waals surface area contributed by atoms with Crippen molar-refractivity contribution in [2.24, 2.45) is 0 Å². The van der Waals surface area contributed by atoms with E-state index in [4.69, 9.17) is 16.6 Å². The van der Waals surface area contributed by atoms with Gasteiger partial charge >= 0.3 is 0 Å². The molecule has 0 spiro atoms. The fourth-order valence-electron chi connectivity index (χ4n) is 4.62. The Hall–Kier alpha value is -2.47. The average molecular weight is 451 g/mol. The largest absolute Gasteiger partial charge is 0.256 e. The van der Waals surface area contributed by atoms with E-state index in [9.17, 15) is 8.42 Å². The average Bonchev–Trinajstić information content (AvgIpc) is 2.96. The third-order valence-corrected chi connectivity index (χ3v) is 8.21. The summed E-state index contributed by atoms with van der Waals surface area (Å²) >= 11 is 6.31. The normalized spacial score (nSPS) is 19.4. The fraction of sp³-hybridized carbons (Fsp3) is 0.240. The zero-order valence-electron chi connectivity index (χ0n) is 17.1. The number of hydrogen-bond acceptors (Lipinski definition) is 3. The van der Waals surface area contributed by atoms with Crippen LogP contribution in [0.4, 0.5) is 0 Å². The number of pyridine rings is 1. The lowest BCUT2D eigenvalue weighted by molar-refractivity contribution is 0.395. The van der Waals surface area contributed by atoms with Crippen molar-refractivity contribution in [1.82, 2.24) is 9.29 Å². The highest BCUT2D eigenvalue weighted by Crippen LogP contribution is 2.38. The fourth-order valence-corrected chi connectivity index (χ4v) is 6.31. The summed E-state index contributed by atoms with van der Waals surface area (Å²) in [5, 5.41) is 0.721. The molecule has 2 heterocycles. The van der Waals surface area contributed by atoms with Crippen LogP contribution in [0.25, 0.3) is 5.57 Å². The van der Waals surface area contributed by atoms with Gasteiger partial charge in [0.15, 0.2) is 0 Å². The highest BCUT2D eigenvalue weighted by molar-refractivity contribution is 7.89. The van der Waals surface area contributed by atoms with Crippen LogP contribution in [0, 0.1) is 0 Å². The SMILES string of the molecule is O=S(=O)(c1ccccc1)N1CCC/C(=C2\c3ccc(Cl)cc3CCc3cccnc32)C1. The Morgan fingerprint density at radius 3 is 2.55 bits per heavy atom. The maximum atomic E-state index is 13.3. The predicted octanol–water partition coefficient (Wildman–Crippen LogP) is 5.12. The summed E-state index contributed by atoms with van der Waals surface area (Å²) in [6, 6.07) is 18.8. The molecule has 0 bridgehead atoms. The first-order valence-electron chi connectivity index (χ1n) is 10.5. The van der Waals surface area contributed by atoms with Gasteiger partial charge in [0.1, 0.15) is 0 Å². The molecule has 5 rings (SSSR count). The molecule has 0 saturated carbocycles. The molecule has 158 valence electrons. The number of fused-ring (bicyclic) bond motifs is 2. The van der Waals surface area contributed by atoms with Crippen LogP contribution in [0.15, 0.2) is 77.3 Å². The maximum Gasteiger partial charge on any atom is 0.243 e. The summed E-state index contributed by atoms with van der Waals surface area (Å²) in [4.78, 5) is 5.08. The molecule has 6 heteroatoms. The Labute approximate surface area is 188 Å². The highest BCUT2D eigenvalue weighted by atomic mass is 35.5. The standard InChI is InChI=1S/C25H23ClN2O2S/c26-21-12-13-23-19(16-21)11-10-18-6-4-14-27-25(18)24(23)20-7-5-15-28(17-20)31(29,30)22-8-2-1-3-9-22/h1-4,6,8-9,12-14,16H,5,7,10-11,15,17H2/b24-20-. The van der Waals surface area contributed by atoms with Gasteiger partial charge in [-0.05, 0) is 78.3 Å². The van der Waals surface area contributed by atoms with Crippen LogP contribution < -0.4 is 0 Å². The lowest BCUT2D eigenvalue weighted by atomic mass is 9.90. The van der Waals surface area contributed by atoms with Crippen molar-refractivity contribution in [3.8, 4) is 0 Å². The first kappa shape index (κ1) is 20.4. The Balaban J connectivity index is 1.65. The second-order valence-corrected chi connectivity index (χ2v) is 10.4. The van der Waals surface area contributed by atoms with Gasteiger partial charge < -0.3 is 0 Å². The summed E-state index contributed by atoms with van der Waals surface area (Å²) in [5.74, 6) is 0. The van der Waals surface area contributed by atoms with Crippen molar-refractivity contribution in [3.63, 3.8) is 0 Å². The second-order valence-electron chi connectivity index (χ2n) is 8.05. The van der Waals surface area contributed by atoms with Crippen molar-refractivity contribution < 1.29 is 8.42 Å². The van der Waals surface area contributed by atoms with Crippen LogP contribution in [0.1, 0.15) is 35.2 Å². The van der Waals surface area contributed by atoms with Gasteiger partial charge in [-0.1, -0.05) is 41.9 Å². The van der Waals surface area contributed by atoms with E-state index in [1.165, 1.54) is 11.1 Å². The highest BCUT2D eigenvalue weighted by Gasteiger charge is 2.31. The first-order valence-corrected chi connectivity index (χ1v) is 12.4. The van der Waals surface area contributed by atoms with Gasteiger partial charge in [0.05, 0.1) is 10.6 Å². The van der Waals surface area contributed by atoms with Gasteiger partial charge in [0.25, 0.3) is 0 Å². The molecule has 1 aliphatic heterocycles. The van der Waals surface area contributed by atoms with Gasteiger partial charge in [-0.25, -0.2) is 8.42 Å². The van der Waals surface area contributed by atoms with E-state index >= 15 is 0 Å². The number of sulfonamides is 1. The molecule has 1 saturated heterocycles. The quantitative estimate of drug-likeness (QED) is 0.544. The van der Waals surface area contributed by atoms with Crippen LogP contribution >= 0.6 is 11.6 Å². The summed E-state index contributed by atoms with van der Waals surface area (Å²) in [6.07, 6.45) is 5.24. The van der Waals surface area contributed by atoms with E-state index in [1.807, 2.05) is 30.5 Å². The van der Waals surface area contributed by atoms with Gasteiger partial charge in [-0.3, -0.25) is 4.98 Å². The van der Waals surface area contributed by atoms with Crippen LogP contribution in [0.3, 0.4) is 0 Å². The Bertz CT molecular complexity index is 1270. The minimum absolute atomic E-state index is 0.341. The van der Waals surface area contributed by atoms with E-state index in [-0.39, 0.29) is 0 Å². The molecule has 0 N–H and O–H groups in total. The molecule has 2 aromatic carbocycles. The number of rotatable bonds is 2. The Morgan fingerprint density at radius 1 is 0.903 bits per heavy atom. The third kappa shape index (κ3) is 3.82. The van der Waals surface area contributed by atoms with Crippen molar-refractivity contribution in [1.29, 1.82) is 0 Å². The number of hydrogen-bond donors (Lipinski definition) is 0. The number of aryl methyl sites for hydroxylation is 2. The molecule has 0 amide bonds. The molecule has 4 nitrogen and oxygen atoms in total. The van der Waals surface area contributed by atoms with Gasteiger partial charge in [0, 0.05) is 29.9 Å². The van der Waals surface area contributed by atoms with Gasteiger partial charge in [-0.2, -0.15) is 4.31 Å². The molecule has 1 fully saturated rings. The second kappa shape index (κ2) is 8.23. The zero-order chi connectivity index (χ0) is 21.4. The number of benzene rings is 2. The zero-order valence-corrected chi connectivity index (χ0v) is 18.7. The van der Waals surface area contributed by atoms with E-state index in [1.54, 1.807) is 28.6 Å². The van der Waals surface area contributed by atoms with E-state index in [0.29, 0.717) is 18.0 Å². The molecule has 1 aliphatic carbocycles. The van der Waals surface area contributed by atoms with Gasteiger partial charge in [-0.15, -0.1) is 0 Å². The van der Waals surface area contributed by atoms with Crippen molar-refractivity contribution in [2.75, 3.05) is 13.1 Å². The first-order chi connectivity index (χ1) is 15.0. The number of aromatic nitrogens is 1. The molecule has 0 radical (unpaired) electrons. The summed E-state index contributed by atoms with van der Waals surface area (Å²) in [6.45, 7) is 0.904. The molecule has 2 aliphatic rings. The van der Waals surface area contributed by atoms with Crippen LogP contribution in [-0.2, 0) is 22.9 Å². The molecule has 0 atom stereocenters. The Morgan fingerprint density at radius 2 is 1.71 bits per heavy atom. The van der Waals surface area contributed by atoms with Crippen LogP contribution in [-0.4, -0.2) is 30.8 Å².